The summed E-state index contributed by atoms with van der Waals surface area (Å²) in [6.07, 6.45) is -9.63. The molecule has 0 saturated carbocycles. The third-order valence-corrected chi connectivity index (χ3v) is 3.31. The predicted octanol–water partition coefficient (Wildman–Crippen LogP) is 2.46. The predicted molar refractivity (Wildman–Crippen MR) is 58.6 cm³/mol. The largest absolute Gasteiger partial charge is 0.409 e. The highest BCUT2D eigenvalue weighted by atomic mass is 19.4. The maximum Gasteiger partial charge on any atom is 0.409 e. The highest BCUT2D eigenvalue weighted by Crippen LogP contribution is 2.41. The summed E-state index contributed by atoms with van der Waals surface area (Å²) in [7, 11) is 0. The molecule has 1 aliphatic rings. The van der Waals surface area contributed by atoms with Crippen LogP contribution in [0.3, 0.4) is 0 Å². The van der Waals surface area contributed by atoms with Crippen LogP contribution in [0.15, 0.2) is 0 Å². The number of amides is 1. The minimum atomic E-state index is -5.64. The van der Waals surface area contributed by atoms with E-state index in [1.54, 1.807) is 0 Å². The van der Waals surface area contributed by atoms with Crippen LogP contribution in [0.4, 0.5) is 26.3 Å². The average Bonchev–Trinajstić information content (AvgIpc) is 2.26. The van der Waals surface area contributed by atoms with E-state index in [1.807, 2.05) is 0 Å². The third kappa shape index (κ3) is 4.00. The SMILES string of the molecule is NCCC1CCCCN1C(=O)C(C(F)(F)F)C(F)(F)F. The van der Waals surface area contributed by atoms with E-state index in [0.717, 1.165) is 0 Å². The quantitative estimate of drug-likeness (QED) is 0.814. The first-order valence-corrected chi connectivity index (χ1v) is 6.23. The first kappa shape index (κ1) is 17.1. The second-order valence-corrected chi connectivity index (χ2v) is 4.77. The molecule has 2 N–H and O–H groups in total. The summed E-state index contributed by atoms with van der Waals surface area (Å²) in [5, 5.41) is 0. The molecule has 0 radical (unpaired) electrons. The van der Waals surface area contributed by atoms with Crippen LogP contribution in [0, 0.1) is 5.92 Å². The Labute approximate surface area is 112 Å². The number of alkyl halides is 6. The molecule has 1 amide bonds. The zero-order chi connectivity index (χ0) is 15.6. The van der Waals surface area contributed by atoms with Gasteiger partial charge in [0.15, 0.2) is 0 Å². The van der Waals surface area contributed by atoms with E-state index in [-0.39, 0.29) is 19.5 Å². The number of carbonyl (C=O) groups is 1. The van der Waals surface area contributed by atoms with Gasteiger partial charge in [-0.3, -0.25) is 4.79 Å². The van der Waals surface area contributed by atoms with Gasteiger partial charge in [0, 0.05) is 12.6 Å². The Hall–Kier alpha value is -0.990. The Bertz CT molecular complexity index is 325. The summed E-state index contributed by atoms with van der Waals surface area (Å²) < 4.78 is 75.3. The zero-order valence-electron chi connectivity index (χ0n) is 10.6. The molecule has 0 aromatic rings. The van der Waals surface area contributed by atoms with E-state index in [2.05, 4.69) is 0 Å². The van der Waals surface area contributed by atoms with E-state index in [0.29, 0.717) is 24.2 Å². The molecule has 0 spiro atoms. The molecule has 9 heteroatoms. The van der Waals surface area contributed by atoms with Gasteiger partial charge in [-0.05, 0) is 32.2 Å². The van der Waals surface area contributed by atoms with Gasteiger partial charge in [0.1, 0.15) is 0 Å². The van der Waals surface area contributed by atoms with E-state index in [9.17, 15) is 31.1 Å². The molecule has 3 nitrogen and oxygen atoms in total. The van der Waals surface area contributed by atoms with Gasteiger partial charge in [-0.1, -0.05) is 0 Å². The van der Waals surface area contributed by atoms with E-state index < -0.39 is 30.2 Å². The molecule has 0 aliphatic carbocycles. The monoisotopic (exact) mass is 306 g/mol. The van der Waals surface area contributed by atoms with Gasteiger partial charge in [-0.15, -0.1) is 0 Å². The van der Waals surface area contributed by atoms with Crippen molar-refractivity contribution >= 4 is 5.91 Å². The van der Waals surface area contributed by atoms with Crippen molar-refractivity contribution in [1.82, 2.24) is 4.90 Å². The van der Waals surface area contributed by atoms with Crippen LogP contribution in [0.1, 0.15) is 25.7 Å². The van der Waals surface area contributed by atoms with Gasteiger partial charge in [-0.25, -0.2) is 0 Å². The van der Waals surface area contributed by atoms with Crippen molar-refractivity contribution in [2.45, 2.75) is 44.1 Å². The maximum atomic E-state index is 12.5. The number of carbonyl (C=O) groups excluding carboxylic acids is 1. The highest BCUT2D eigenvalue weighted by Gasteiger charge is 2.62. The molecule has 0 aromatic carbocycles. The van der Waals surface area contributed by atoms with Gasteiger partial charge < -0.3 is 10.6 Å². The van der Waals surface area contributed by atoms with Gasteiger partial charge in [0.25, 0.3) is 0 Å². The lowest BCUT2D eigenvalue weighted by Gasteiger charge is -2.38. The molecular weight excluding hydrogens is 290 g/mol. The molecule has 1 rings (SSSR count). The summed E-state index contributed by atoms with van der Waals surface area (Å²) in [6, 6.07) is -0.645. The van der Waals surface area contributed by atoms with Gasteiger partial charge in [0.05, 0.1) is 0 Å². The summed E-state index contributed by atoms with van der Waals surface area (Å²) >= 11 is 0. The van der Waals surface area contributed by atoms with Crippen molar-refractivity contribution in [1.29, 1.82) is 0 Å². The average molecular weight is 306 g/mol. The maximum absolute atomic E-state index is 12.5. The summed E-state index contributed by atoms with van der Waals surface area (Å²) in [5.74, 6) is -5.86. The molecule has 118 valence electrons. The lowest BCUT2D eigenvalue weighted by atomic mass is 9.96. The second kappa shape index (κ2) is 6.19. The van der Waals surface area contributed by atoms with Crippen molar-refractivity contribution in [3.8, 4) is 0 Å². The number of halogens is 6. The molecular formula is C11H16F6N2O. The van der Waals surface area contributed by atoms with E-state index in [4.69, 9.17) is 5.73 Å². The van der Waals surface area contributed by atoms with Gasteiger partial charge in [0.2, 0.25) is 11.8 Å². The fraction of sp³-hybridized carbons (Fsp3) is 0.909. The number of hydrogen-bond acceptors (Lipinski definition) is 2. The van der Waals surface area contributed by atoms with Gasteiger partial charge in [-0.2, -0.15) is 26.3 Å². The van der Waals surface area contributed by atoms with Crippen LogP contribution in [-0.2, 0) is 4.79 Å². The standard InChI is InChI=1S/C11H16F6N2O/c12-10(13,14)8(11(15,16)17)9(20)19-6-2-1-3-7(19)4-5-18/h7-8H,1-6,18H2. The lowest BCUT2D eigenvalue weighted by Crippen LogP contribution is -2.54. The fourth-order valence-electron chi connectivity index (χ4n) is 2.41. The van der Waals surface area contributed by atoms with Crippen molar-refractivity contribution in [2.75, 3.05) is 13.1 Å². The molecule has 1 fully saturated rings. The van der Waals surface area contributed by atoms with Crippen LogP contribution in [0.2, 0.25) is 0 Å². The number of nitrogens with zero attached hydrogens (tertiary/aromatic N) is 1. The van der Waals surface area contributed by atoms with E-state index in [1.165, 1.54) is 0 Å². The molecule has 0 aromatic heterocycles. The van der Waals surface area contributed by atoms with Crippen molar-refractivity contribution in [3.63, 3.8) is 0 Å². The summed E-state index contributed by atoms with van der Waals surface area (Å²) in [4.78, 5) is 12.4. The molecule has 1 saturated heterocycles. The van der Waals surface area contributed by atoms with Gasteiger partial charge >= 0.3 is 12.4 Å². The third-order valence-electron chi connectivity index (χ3n) is 3.31. The van der Waals surface area contributed by atoms with E-state index >= 15 is 0 Å². The number of hydrogen-bond donors (Lipinski definition) is 1. The second-order valence-electron chi connectivity index (χ2n) is 4.77. The molecule has 1 heterocycles. The Morgan fingerprint density at radius 2 is 1.70 bits per heavy atom. The number of piperidine rings is 1. The minimum Gasteiger partial charge on any atom is -0.339 e. The van der Waals surface area contributed by atoms with Crippen molar-refractivity contribution < 1.29 is 31.1 Å². The van der Waals surface area contributed by atoms with Crippen molar-refractivity contribution in [3.05, 3.63) is 0 Å². The normalized spacial score (nSPS) is 21.4. The molecule has 1 unspecified atom stereocenters. The summed E-state index contributed by atoms with van der Waals surface area (Å²) in [6.45, 7) is 0.0172. The Balaban J connectivity index is 2.98. The van der Waals surface area contributed by atoms with Crippen LogP contribution >= 0.6 is 0 Å². The fourth-order valence-corrected chi connectivity index (χ4v) is 2.41. The van der Waals surface area contributed by atoms with Crippen molar-refractivity contribution in [2.24, 2.45) is 11.7 Å². The molecule has 1 aliphatic heterocycles. The smallest absolute Gasteiger partial charge is 0.339 e. The Morgan fingerprint density at radius 1 is 1.15 bits per heavy atom. The zero-order valence-corrected chi connectivity index (χ0v) is 10.6. The first-order valence-electron chi connectivity index (χ1n) is 6.23. The minimum absolute atomic E-state index is 0.0911. The Morgan fingerprint density at radius 3 is 2.15 bits per heavy atom. The van der Waals surface area contributed by atoms with Crippen LogP contribution in [0.25, 0.3) is 0 Å². The number of likely N-dealkylation sites (tertiary alicyclic amines) is 1. The molecule has 1 atom stereocenters. The topological polar surface area (TPSA) is 46.3 Å². The molecule has 0 bridgehead atoms. The summed E-state index contributed by atoms with van der Waals surface area (Å²) in [5.41, 5.74) is 5.29. The Kier molecular flexibility index (Phi) is 5.28. The number of rotatable bonds is 3. The molecule has 20 heavy (non-hydrogen) atoms. The first-order chi connectivity index (χ1) is 9.09. The lowest BCUT2D eigenvalue weighted by molar-refractivity contribution is -0.278. The van der Waals surface area contributed by atoms with Crippen LogP contribution < -0.4 is 5.73 Å². The highest BCUT2D eigenvalue weighted by molar-refractivity contribution is 5.80. The number of nitrogens with two attached hydrogens (primary N) is 1. The van der Waals surface area contributed by atoms with Crippen LogP contribution in [-0.4, -0.2) is 42.3 Å². The van der Waals surface area contributed by atoms with Crippen LogP contribution in [0.5, 0.6) is 0 Å².